The first-order valence-corrected chi connectivity index (χ1v) is 7.78. The van der Waals surface area contributed by atoms with Gasteiger partial charge in [0.1, 0.15) is 5.76 Å². The smallest absolute Gasteiger partial charge is 0.307 e. The van der Waals surface area contributed by atoms with E-state index in [0.29, 0.717) is 11.6 Å². The van der Waals surface area contributed by atoms with Gasteiger partial charge in [-0.3, -0.25) is 9.69 Å². The summed E-state index contributed by atoms with van der Waals surface area (Å²) in [7, 11) is 0. The van der Waals surface area contributed by atoms with Crippen LogP contribution in [0.15, 0.2) is 47.1 Å². The molecular formula is C17H18ClNO3. The first-order valence-electron chi connectivity index (χ1n) is 7.41. The van der Waals surface area contributed by atoms with E-state index in [-0.39, 0.29) is 12.0 Å². The van der Waals surface area contributed by atoms with Gasteiger partial charge in [-0.15, -0.1) is 0 Å². The number of carboxylic acids is 1. The van der Waals surface area contributed by atoms with E-state index in [4.69, 9.17) is 16.0 Å². The molecule has 1 aromatic heterocycles. The van der Waals surface area contributed by atoms with E-state index >= 15 is 0 Å². The minimum atomic E-state index is -0.728. The van der Waals surface area contributed by atoms with Crippen LogP contribution in [0.4, 0.5) is 0 Å². The number of hydrogen-bond donors (Lipinski definition) is 1. The third-order valence-corrected chi connectivity index (χ3v) is 4.38. The van der Waals surface area contributed by atoms with Crippen LogP contribution < -0.4 is 0 Å². The molecule has 0 bridgehead atoms. The van der Waals surface area contributed by atoms with E-state index in [1.165, 1.54) is 0 Å². The Bertz CT molecular complexity index is 641. The Morgan fingerprint density at radius 2 is 2.23 bits per heavy atom. The molecule has 1 aliphatic rings. The quantitative estimate of drug-likeness (QED) is 0.930. The van der Waals surface area contributed by atoms with Gasteiger partial charge in [0.05, 0.1) is 18.2 Å². The van der Waals surface area contributed by atoms with Crippen LogP contribution in [0.3, 0.4) is 0 Å². The summed E-state index contributed by atoms with van der Waals surface area (Å²) >= 11 is 6.13. The highest BCUT2D eigenvalue weighted by Crippen LogP contribution is 2.33. The van der Waals surface area contributed by atoms with Gasteiger partial charge in [-0.05, 0) is 49.2 Å². The molecule has 0 saturated carbocycles. The Morgan fingerprint density at radius 1 is 1.36 bits per heavy atom. The van der Waals surface area contributed by atoms with Crippen LogP contribution in [0.1, 0.15) is 30.2 Å². The first kappa shape index (κ1) is 15.1. The van der Waals surface area contributed by atoms with Crippen LogP contribution >= 0.6 is 11.6 Å². The van der Waals surface area contributed by atoms with Crippen molar-refractivity contribution in [1.29, 1.82) is 0 Å². The van der Waals surface area contributed by atoms with Gasteiger partial charge in [0, 0.05) is 11.6 Å². The second-order valence-electron chi connectivity index (χ2n) is 5.65. The minimum absolute atomic E-state index is 0.101. The summed E-state index contributed by atoms with van der Waals surface area (Å²) in [5.74, 6) is -0.243. The Morgan fingerprint density at radius 3 is 2.91 bits per heavy atom. The lowest BCUT2D eigenvalue weighted by molar-refractivity contribution is -0.143. The minimum Gasteiger partial charge on any atom is -0.481 e. The van der Waals surface area contributed by atoms with E-state index in [9.17, 15) is 9.90 Å². The highest BCUT2D eigenvalue weighted by atomic mass is 35.5. The molecule has 1 N–H and O–H groups in total. The molecule has 0 radical (unpaired) electrons. The third kappa shape index (κ3) is 3.18. The summed E-state index contributed by atoms with van der Waals surface area (Å²) in [6.45, 7) is 1.37. The fourth-order valence-electron chi connectivity index (χ4n) is 3.12. The number of rotatable bonds is 4. The maximum absolute atomic E-state index is 11.3. The van der Waals surface area contributed by atoms with Crippen LogP contribution in [0.25, 0.3) is 0 Å². The number of carboxylic acid groups (broad SMARTS) is 1. The van der Waals surface area contributed by atoms with Crippen molar-refractivity contribution in [3.63, 3.8) is 0 Å². The van der Waals surface area contributed by atoms with Gasteiger partial charge in [0.25, 0.3) is 0 Å². The predicted octanol–water partition coefficient (Wildman–Crippen LogP) is 3.82. The lowest BCUT2D eigenvalue weighted by atomic mass is 9.94. The van der Waals surface area contributed by atoms with Gasteiger partial charge in [-0.25, -0.2) is 0 Å². The number of aliphatic carboxylic acids is 1. The molecule has 0 aliphatic carbocycles. The van der Waals surface area contributed by atoms with Crippen molar-refractivity contribution in [2.75, 3.05) is 13.1 Å². The fourth-order valence-corrected chi connectivity index (χ4v) is 3.32. The molecule has 1 aromatic carbocycles. The summed E-state index contributed by atoms with van der Waals surface area (Å²) in [6, 6.07) is 11.3. The molecule has 1 aliphatic heterocycles. The van der Waals surface area contributed by atoms with E-state index < -0.39 is 5.97 Å². The largest absolute Gasteiger partial charge is 0.481 e. The maximum atomic E-state index is 11.3. The average molecular weight is 320 g/mol. The van der Waals surface area contributed by atoms with Gasteiger partial charge in [0.2, 0.25) is 0 Å². The number of halogens is 1. The molecule has 2 heterocycles. The molecule has 1 fully saturated rings. The Balaban J connectivity index is 1.94. The number of nitrogens with zero attached hydrogens (tertiary/aromatic N) is 1. The highest BCUT2D eigenvalue weighted by molar-refractivity contribution is 6.30. The molecular weight excluding hydrogens is 302 g/mol. The number of likely N-dealkylation sites (tertiary alicyclic amines) is 1. The Kier molecular flexibility index (Phi) is 4.50. The number of piperidine rings is 1. The second-order valence-corrected chi connectivity index (χ2v) is 6.08. The number of benzene rings is 1. The van der Waals surface area contributed by atoms with Gasteiger partial charge in [0.15, 0.2) is 0 Å². The topological polar surface area (TPSA) is 53.7 Å². The van der Waals surface area contributed by atoms with Gasteiger partial charge < -0.3 is 9.52 Å². The SMILES string of the molecule is O=C(O)C1CCCN(C(c2cccc(Cl)c2)c2ccco2)C1. The molecule has 2 aromatic rings. The van der Waals surface area contributed by atoms with Crippen LogP contribution in [-0.4, -0.2) is 29.1 Å². The first-order chi connectivity index (χ1) is 10.6. The van der Waals surface area contributed by atoms with Crippen molar-refractivity contribution in [2.24, 2.45) is 5.92 Å². The zero-order valence-electron chi connectivity index (χ0n) is 12.1. The predicted molar refractivity (Wildman–Crippen MR) is 83.9 cm³/mol. The second kappa shape index (κ2) is 6.55. The monoisotopic (exact) mass is 319 g/mol. The van der Waals surface area contributed by atoms with Crippen molar-refractivity contribution < 1.29 is 14.3 Å². The van der Waals surface area contributed by atoms with Crippen LogP contribution in [0.5, 0.6) is 0 Å². The van der Waals surface area contributed by atoms with Crippen molar-refractivity contribution in [1.82, 2.24) is 4.90 Å². The summed E-state index contributed by atoms with van der Waals surface area (Å²) < 4.78 is 5.61. The van der Waals surface area contributed by atoms with Crippen LogP contribution in [0.2, 0.25) is 5.02 Å². The molecule has 116 valence electrons. The number of carbonyl (C=O) groups is 1. The Hall–Kier alpha value is -1.78. The Labute approximate surface area is 134 Å². The van der Waals surface area contributed by atoms with Gasteiger partial charge in [-0.1, -0.05) is 23.7 Å². The molecule has 1 saturated heterocycles. The normalized spacial score (nSPS) is 20.7. The molecule has 22 heavy (non-hydrogen) atoms. The van der Waals surface area contributed by atoms with Crippen molar-refractivity contribution in [3.05, 3.63) is 59.0 Å². The molecule has 0 amide bonds. The number of furan rings is 1. The average Bonchev–Trinajstić information content (AvgIpc) is 3.02. The van der Waals surface area contributed by atoms with E-state index in [1.54, 1.807) is 6.26 Å². The lowest BCUT2D eigenvalue weighted by Crippen LogP contribution is -2.41. The summed E-state index contributed by atoms with van der Waals surface area (Å²) in [5, 5.41) is 9.98. The zero-order valence-corrected chi connectivity index (χ0v) is 12.9. The van der Waals surface area contributed by atoms with E-state index in [2.05, 4.69) is 4.90 Å². The summed E-state index contributed by atoms with van der Waals surface area (Å²) in [6.07, 6.45) is 3.24. The number of hydrogen-bond acceptors (Lipinski definition) is 3. The molecule has 4 nitrogen and oxygen atoms in total. The molecule has 2 atom stereocenters. The van der Waals surface area contributed by atoms with E-state index in [1.807, 2.05) is 36.4 Å². The highest BCUT2D eigenvalue weighted by Gasteiger charge is 2.32. The zero-order chi connectivity index (χ0) is 15.5. The van der Waals surface area contributed by atoms with E-state index in [0.717, 1.165) is 30.7 Å². The summed E-state index contributed by atoms with van der Waals surface area (Å²) in [5.41, 5.74) is 1.02. The molecule has 3 rings (SSSR count). The molecule has 2 unspecified atom stereocenters. The third-order valence-electron chi connectivity index (χ3n) is 4.14. The van der Waals surface area contributed by atoms with Crippen LogP contribution in [0, 0.1) is 5.92 Å². The van der Waals surface area contributed by atoms with Crippen molar-refractivity contribution in [2.45, 2.75) is 18.9 Å². The van der Waals surface area contributed by atoms with Crippen molar-refractivity contribution in [3.8, 4) is 0 Å². The van der Waals surface area contributed by atoms with Gasteiger partial charge >= 0.3 is 5.97 Å². The van der Waals surface area contributed by atoms with Crippen LogP contribution in [-0.2, 0) is 4.79 Å². The summed E-state index contributed by atoms with van der Waals surface area (Å²) in [4.78, 5) is 13.5. The maximum Gasteiger partial charge on any atom is 0.307 e. The molecule has 5 heteroatoms. The lowest BCUT2D eigenvalue weighted by Gasteiger charge is -2.36. The standard InChI is InChI=1S/C17H18ClNO3/c18-14-6-1-4-12(10-14)16(15-7-3-9-22-15)19-8-2-5-13(11-19)17(20)21/h1,3-4,6-7,9-10,13,16H,2,5,8,11H2,(H,20,21). The molecule has 0 spiro atoms. The fraction of sp³-hybridized carbons (Fsp3) is 0.353. The van der Waals surface area contributed by atoms with Crippen molar-refractivity contribution >= 4 is 17.6 Å². The van der Waals surface area contributed by atoms with Gasteiger partial charge in [-0.2, -0.15) is 0 Å².